The lowest BCUT2D eigenvalue weighted by Crippen LogP contribution is -2.31. The van der Waals surface area contributed by atoms with Crippen molar-refractivity contribution in [2.75, 3.05) is 65.9 Å². The first-order valence-corrected chi connectivity index (χ1v) is 9.28. The molecule has 0 saturated heterocycles. The molecule has 2 amide bonds. The highest BCUT2D eigenvalue weighted by molar-refractivity contribution is 5.77. The van der Waals surface area contributed by atoms with E-state index in [1.54, 1.807) is 0 Å². The van der Waals surface area contributed by atoms with E-state index in [0.29, 0.717) is 65.3 Å². The number of hydrogen-bond donors (Lipinski definition) is 2. The maximum Gasteiger partial charge on any atom is 0.246 e. The zero-order chi connectivity index (χ0) is 19.6. The fourth-order valence-corrected chi connectivity index (χ4v) is 1.64. The Labute approximate surface area is 157 Å². The van der Waals surface area contributed by atoms with Crippen molar-refractivity contribution in [2.24, 2.45) is 11.8 Å². The van der Waals surface area contributed by atoms with Crippen molar-refractivity contribution >= 4 is 11.8 Å². The lowest BCUT2D eigenvalue weighted by molar-refractivity contribution is -0.126. The number of hydrogen-bond acceptors (Lipinski definition) is 6. The summed E-state index contributed by atoms with van der Waals surface area (Å²) < 4.78 is 21.2. The molecule has 0 rings (SSSR count). The maximum absolute atomic E-state index is 11.4. The molecule has 2 N–H and O–H groups in total. The fourth-order valence-electron chi connectivity index (χ4n) is 1.64. The second-order valence-electron chi connectivity index (χ2n) is 6.53. The second kappa shape index (κ2) is 17.2. The van der Waals surface area contributed by atoms with Gasteiger partial charge < -0.3 is 29.6 Å². The van der Waals surface area contributed by atoms with Gasteiger partial charge in [0.2, 0.25) is 11.8 Å². The minimum Gasteiger partial charge on any atom is -0.377 e. The van der Waals surface area contributed by atoms with Gasteiger partial charge >= 0.3 is 0 Å². The second-order valence-corrected chi connectivity index (χ2v) is 6.53. The molecule has 0 aromatic carbocycles. The summed E-state index contributed by atoms with van der Waals surface area (Å²) in [7, 11) is 0. The molecule has 0 unspecified atom stereocenters. The van der Waals surface area contributed by atoms with Crippen LogP contribution in [0, 0.1) is 11.8 Å². The SMILES string of the molecule is CC(C)CNC(=O)COCCOCCOCCOCCNC(=O)C(C)C. The van der Waals surface area contributed by atoms with Crippen LogP contribution in [-0.4, -0.2) is 77.8 Å². The molecular weight excluding hydrogens is 340 g/mol. The summed E-state index contributed by atoms with van der Waals surface area (Å²) >= 11 is 0. The number of amides is 2. The molecule has 26 heavy (non-hydrogen) atoms. The van der Waals surface area contributed by atoms with Gasteiger partial charge in [-0.2, -0.15) is 0 Å². The average Bonchev–Trinajstić information content (AvgIpc) is 2.59. The first-order valence-electron chi connectivity index (χ1n) is 9.28. The van der Waals surface area contributed by atoms with Crippen molar-refractivity contribution in [2.45, 2.75) is 27.7 Å². The maximum atomic E-state index is 11.4. The van der Waals surface area contributed by atoms with Gasteiger partial charge in [0.15, 0.2) is 0 Å². The van der Waals surface area contributed by atoms with E-state index in [4.69, 9.17) is 18.9 Å². The molecule has 0 heterocycles. The van der Waals surface area contributed by atoms with E-state index in [-0.39, 0.29) is 24.3 Å². The predicted octanol–water partition coefficient (Wildman–Crippen LogP) is 0.597. The van der Waals surface area contributed by atoms with Gasteiger partial charge in [0.05, 0.1) is 46.2 Å². The van der Waals surface area contributed by atoms with E-state index in [9.17, 15) is 9.59 Å². The van der Waals surface area contributed by atoms with Crippen LogP contribution in [0.2, 0.25) is 0 Å². The molecule has 0 saturated carbocycles. The zero-order valence-corrected chi connectivity index (χ0v) is 16.7. The van der Waals surface area contributed by atoms with E-state index in [1.165, 1.54) is 0 Å². The molecule has 8 nitrogen and oxygen atoms in total. The lowest BCUT2D eigenvalue weighted by atomic mass is 10.2. The van der Waals surface area contributed by atoms with Gasteiger partial charge in [-0.25, -0.2) is 0 Å². The van der Waals surface area contributed by atoms with E-state index in [2.05, 4.69) is 10.6 Å². The number of ether oxygens (including phenoxy) is 4. The predicted molar refractivity (Wildman–Crippen MR) is 99.0 cm³/mol. The van der Waals surface area contributed by atoms with Gasteiger partial charge in [-0.15, -0.1) is 0 Å². The smallest absolute Gasteiger partial charge is 0.246 e. The largest absolute Gasteiger partial charge is 0.377 e. The third-order valence-corrected chi connectivity index (χ3v) is 3.13. The molecule has 0 aliphatic carbocycles. The van der Waals surface area contributed by atoms with Crippen molar-refractivity contribution in [3.8, 4) is 0 Å². The van der Waals surface area contributed by atoms with Crippen LogP contribution in [0.25, 0.3) is 0 Å². The van der Waals surface area contributed by atoms with Crippen LogP contribution in [-0.2, 0) is 28.5 Å². The highest BCUT2D eigenvalue weighted by Gasteiger charge is 2.04. The summed E-state index contributed by atoms with van der Waals surface area (Å²) in [5.41, 5.74) is 0. The van der Waals surface area contributed by atoms with E-state index < -0.39 is 0 Å². The van der Waals surface area contributed by atoms with Crippen LogP contribution in [0.3, 0.4) is 0 Å². The Bertz CT molecular complexity index is 364. The Morgan fingerprint density at radius 2 is 1.23 bits per heavy atom. The summed E-state index contributed by atoms with van der Waals surface area (Å²) in [5.74, 6) is 0.345. The quantitative estimate of drug-likeness (QED) is 0.361. The molecule has 0 atom stereocenters. The monoisotopic (exact) mass is 376 g/mol. The van der Waals surface area contributed by atoms with Crippen molar-refractivity contribution in [3.63, 3.8) is 0 Å². The van der Waals surface area contributed by atoms with Crippen LogP contribution in [0.5, 0.6) is 0 Å². The molecule has 0 aliphatic rings. The Morgan fingerprint density at radius 3 is 1.73 bits per heavy atom. The first-order chi connectivity index (χ1) is 12.4. The molecule has 0 bridgehead atoms. The van der Waals surface area contributed by atoms with E-state index in [0.717, 1.165) is 0 Å². The minimum absolute atomic E-state index is 0.00855. The summed E-state index contributed by atoms with van der Waals surface area (Å²) in [6.45, 7) is 12.2. The van der Waals surface area contributed by atoms with Crippen molar-refractivity contribution < 1.29 is 28.5 Å². The van der Waals surface area contributed by atoms with Crippen LogP contribution < -0.4 is 10.6 Å². The lowest BCUT2D eigenvalue weighted by Gasteiger charge is -2.09. The summed E-state index contributed by atoms with van der Waals surface area (Å²) in [4.78, 5) is 22.7. The van der Waals surface area contributed by atoms with Crippen molar-refractivity contribution in [1.82, 2.24) is 10.6 Å². The molecule has 154 valence electrons. The standard InChI is InChI=1S/C18H36N2O6/c1-15(2)13-20-17(21)14-26-12-11-25-10-9-24-8-7-23-6-5-19-18(22)16(3)4/h15-16H,5-14H2,1-4H3,(H,19,22)(H,20,21). The van der Waals surface area contributed by atoms with Gasteiger partial charge in [0.25, 0.3) is 0 Å². The summed E-state index contributed by atoms with van der Waals surface area (Å²) in [6, 6.07) is 0. The Kier molecular flexibility index (Phi) is 16.4. The van der Waals surface area contributed by atoms with Crippen LogP contribution in [0.1, 0.15) is 27.7 Å². The van der Waals surface area contributed by atoms with Gasteiger partial charge in [-0.3, -0.25) is 9.59 Å². The Hall–Kier alpha value is -1.22. The van der Waals surface area contributed by atoms with Crippen molar-refractivity contribution in [3.05, 3.63) is 0 Å². The average molecular weight is 376 g/mol. The molecule has 8 heteroatoms. The number of carbonyl (C=O) groups excluding carboxylic acids is 2. The Morgan fingerprint density at radius 1 is 0.731 bits per heavy atom. The third-order valence-electron chi connectivity index (χ3n) is 3.13. The molecule has 0 aromatic heterocycles. The van der Waals surface area contributed by atoms with E-state index in [1.807, 2.05) is 27.7 Å². The summed E-state index contributed by atoms with van der Waals surface area (Å²) in [6.07, 6.45) is 0. The van der Waals surface area contributed by atoms with Crippen LogP contribution in [0.15, 0.2) is 0 Å². The zero-order valence-electron chi connectivity index (χ0n) is 16.7. The van der Waals surface area contributed by atoms with E-state index >= 15 is 0 Å². The minimum atomic E-state index is -0.106. The Balaban J connectivity index is 3.18. The molecule has 0 radical (unpaired) electrons. The van der Waals surface area contributed by atoms with Crippen LogP contribution in [0.4, 0.5) is 0 Å². The summed E-state index contributed by atoms with van der Waals surface area (Å²) in [5, 5.41) is 5.55. The van der Waals surface area contributed by atoms with Crippen LogP contribution >= 0.6 is 0 Å². The van der Waals surface area contributed by atoms with Gasteiger partial charge in [-0.1, -0.05) is 27.7 Å². The molecular formula is C18H36N2O6. The first kappa shape index (κ1) is 24.8. The van der Waals surface area contributed by atoms with Gasteiger partial charge in [-0.05, 0) is 5.92 Å². The highest BCUT2D eigenvalue weighted by atomic mass is 16.6. The van der Waals surface area contributed by atoms with Gasteiger partial charge in [0.1, 0.15) is 6.61 Å². The van der Waals surface area contributed by atoms with Crippen molar-refractivity contribution in [1.29, 1.82) is 0 Å². The topological polar surface area (TPSA) is 95.1 Å². The fraction of sp³-hybridized carbons (Fsp3) is 0.889. The molecule has 0 fully saturated rings. The normalized spacial score (nSPS) is 11.2. The number of carbonyl (C=O) groups is 2. The highest BCUT2D eigenvalue weighted by Crippen LogP contribution is 1.90. The number of rotatable bonds is 17. The molecule has 0 aromatic rings. The molecule has 0 aliphatic heterocycles. The van der Waals surface area contributed by atoms with Gasteiger partial charge in [0, 0.05) is 19.0 Å². The number of nitrogens with one attached hydrogen (secondary N) is 2. The molecule has 0 spiro atoms. The third kappa shape index (κ3) is 17.6.